The summed E-state index contributed by atoms with van der Waals surface area (Å²) in [4.78, 5) is 0. The minimum absolute atomic E-state index is 0.735. The molecule has 1 aromatic rings. The van der Waals surface area contributed by atoms with Crippen LogP contribution in [0.5, 0.6) is 5.75 Å². The van der Waals surface area contributed by atoms with E-state index in [1.165, 1.54) is 36.8 Å². The van der Waals surface area contributed by atoms with E-state index in [4.69, 9.17) is 4.74 Å². The molecular formula is C14H18O. The molecule has 80 valence electrons. The first-order valence-corrected chi connectivity index (χ1v) is 5.83. The summed E-state index contributed by atoms with van der Waals surface area (Å²) in [5.41, 5.74) is 2.75. The van der Waals surface area contributed by atoms with Gasteiger partial charge in [-0.25, -0.2) is 0 Å². The van der Waals surface area contributed by atoms with E-state index >= 15 is 0 Å². The summed E-state index contributed by atoms with van der Waals surface area (Å²) in [6.45, 7) is 2.98. The van der Waals surface area contributed by atoms with Gasteiger partial charge in [0.15, 0.2) is 0 Å². The van der Waals surface area contributed by atoms with Crippen molar-refractivity contribution in [3.63, 3.8) is 0 Å². The van der Waals surface area contributed by atoms with Crippen LogP contribution in [0.2, 0.25) is 0 Å². The number of hydrogen-bond acceptors (Lipinski definition) is 1. The highest BCUT2D eigenvalue weighted by molar-refractivity contribution is 5.71. The second-order valence-electron chi connectivity index (χ2n) is 3.99. The van der Waals surface area contributed by atoms with Crippen molar-refractivity contribution >= 4 is 5.57 Å². The van der Waals surface area contributed by atoms with Gasteiger partial charge >= 0.3 is 0 Å². The molecule has 1 aliphatic rings. The number of fused-ring (bicyclic) bond motifs is 1. The standard InChI is InChI=1S/C14H18O/c1-2-3-4-7-12-10-11-15-14-9-6-5-8-13(12)14/h5-6,8-10H,2-4,7,11H2,1H3. The maximum atomic E-state index is 5.58. The molecule has 2 rings (SSSR count). The summed E-state index contributed by atoms with van der Waals surface area (Å²) >= 11 is 0. The Labute approximate surface area is 91.8 Å². The van der Waals surface area contributed by atoms with Gasteiger partial charge in [-0.2, -0.15) is 0 Å². The highest BCUT2D eigenvalue weighted by Gasteiger charge is 2.11. The fourth-order valence-corrected chi connectivity index (χ4v) is 2.00. The smallest absolute Gasteiger partial charge is 0.127 e. The van der Waals surface area contributed by atoms with Gasteiger partial charge in [-0.3, -0.25) is 0 Å². The first kappa shape index (κ1) is 10.3. The molecule has 1 nitrogen and oxygen atoms in total. The zero-order chi connectivity index (χ0) is 10.5. The van der Waals surface area contributed by atoms with E-state index < -0.39 is 0 Å². The highest BCUT2D eigenvalue weighted by Crippen LogP contribution is 2.32. The summed E-state index contributed by atoms with van der Waals surface area (Å²) in [7, 11) is 0. The molecule has 1 aromatic carbocycles. The topological polar surface area (TPSA) is 9.23 Å². The van der Waals surface area contributed by atoms with Crippen LogP contribution in [-0.2, 0) is 0 Å². The quantitative estimate of drug-likeness (QED) is 0.669. The second-order valence-corrected chi connectivity index (χ2v) is 3.99. The fraction of sp³-hybridized carbons (Fsp3) is 0.429. The lowest BCUT2D eigenvalue weighted by molar-refractivity contribution is 0.356. The van der Waals surface area contributed by atoms with E-state index in [0.717, 1.165) is 12.4 Å². The molecule has 0 aliphatic carbocycles. The summed E-state index contributed by atoms with van der Waals surface area (Å²) in [5, 5.41) is 0. The Morgan fingerprint density at radius 2 is 2.07 bits per heavy atom. The highest BCUT2D eigenvalue weighted by atomic mass is 16.5. The van der Waals surface area contributed by atoms with E-state index in [1.807, 2.05) is 6.07 Å². The maximum Gasteiger partial charge on any atom is 0.127 e. The zero-order valence-electron chi connectivity index (χ0n) is 9.33. The van der Waals surface area contributed by atoms with Crippen molar-refractivity contribution in [2.24, 2.45) is 0 Å². The lowest BCUT2D eigenvalue weighted by atomic mass is 9.97. The Morgan fingerprint density at radius 3 is 2.93 bits per heavy atom. The van der Waals surface area contributed by atoms with Crippen molar-refractivity contribution < 1.29 is 4.74 Å². The Morgan fingerprint density at radius 1 is 1.20 bits per heavy atom. The average molecular weight is 202 g/mol. The van der Waals surface area contributed by atoms with E-state index in [9.17, 15) is 0 Å². The van der Waals surface area contributed by atoms with Crippen LogP contribution in [0.1, 0.15) is 38.2 Å². The predicted octanol–water partition coefficient (Wildman–Crippen LogP) is 4.04. The van der Waals surface area contributed by atoms with Gasteiger partial charge < -0.3 is 4.74 Å². The Balaban J connectivity index is 2.09. The lowest BCUT2D eigenvalue weighted by Crippen LogP contribution is -2.04. The molecule has 1 aliphatic heterocycles. The normalized spacial score (nSPS) is 14.1. The van der Waals surface area contributed by atoms with Gasteiger partial charge in [-0.15, -0.1) is 0 Å². The third-order valence-corrected chi connectivity index (χ3v) is 2.85. The number of benzene rings is 1. The van der Waals surface area contributed by atoms with Gasteiger partial charge in [0.25, 0.3) is 0 Å². The van der Waals surface area contributed by atoms with Crippen LogP contribution >= 0.6 is 0 Å². The molecule has 0 saturated carbocycles. The molecule has 1 heteroatoms. The first-order valence-electron chi connectivity index (χ1n) is 5.83. The van der Waals surface area contributed by atoms with Crippen molar-refractivity contribution in [2.75, 3.05) is 6.61 Å². The third-order valence-electron chi connectivity index (χ3n) is 2.85. The van der Waals surface area contributed by atoms with Crippen LogP contribution < -0.4 is 4.74 Å². The molecule has 0 fully saturated rings. The largest absolute Gasteiger partial charge is 0.489 e. The van der Waals surface area contributed by atoms with Gasteiger partial charge in [0.2, 0.25) is 0 Å². The second kappa shape index (κ2) is 5.01. The number of rotatable bonds is 4. The molecule has 0 radical (unpaired) electrons. The van der Waals surface area contributed by atoms with Gasteiger partial charge in [-0.1, -0.05) is 38.0 Å². The van der Waals surface area contributed by atoms with Crippen LogP contribution in [0, 0.1) is 0 Å². The van der Waals surface area contributed by atoms with Gasteiger partial charge in [0, 0.05) is 5.56 Å². The molecule has 15 heavy (non-hydrogen) atoms. The molecule has 0 unspecified atom stereocenters. The molecule has 1 heterocycles. The predicted molar refractivity (Wildman–Crippen MR) is 64.1 cm³/mol. The molecule has 0 spiro atoms. The van der Waals surface area contributed by atoms with Crippen molar-refractivity contribution in [2.45, 2.75) is 32.6 Å². The maximum absolute atomic E-state index is 5.58. The monoisotopic (exact) mass is 202 g/mol. The Bertz CT molecular complexity index is 352. The molecule has 0 amide bonds. The number of hydrogen-bond donors (Lipinski definition) is 0. The average Bonchev–Trinajstić information content (AvgIpc) is 2.30. The Hall–Kier alpha value is -1.24. The molecule has 0 saturated heterocycles. The molecule has 0 N–H and O–H groups in total. The number of para-hydroxylation sites is 1. The summed E-state index contributed by atoms with van der Waals surface area (Å²) in [6, 6.07) is 8.34. The number of unbranched alkanes of at least 4 members (excludes halogenated alkanes) is 2. The van der Waals surface area contributed by atoms with Crippen LogP contribution in [0.15, 0.2) is 30.3 Å². The summed E-state index contributed by atoms with van der Waals surface area (Å²) in [5.74, 6) is 1.05. The van der Waals surface area contributed by atoms with E-state index in [1.54, 1.807) is 0 Å². The van der Waals surface area contributed by atoms with Crippen molar-refractivity contribution in [1.29, 1.82) is 0 Å². The van der Waals surface area contributed by atoms with Crippen LogP contribution in [0.4, 0.5) is 0 Å². The van der Waals surface area contributed by atoms with Crippen molar-refractivity contribution in [1.82, 2.24) is 0 Å². The van der Waals surface area contributed by atoms with Crippen LogP contribution in [0.3, 0.4) is 0 Å². The molecular weight excluding hydrogens is 184 g/mol. The fourth-order valence-electron chi connectivity index (χ4n) is 2.00. The van der Waals surface area contributed by atoms with E-state index in [-0.39, 0.29) is 0 Å². The zero-order valence-corrected chi connectivity index (χ0v) is 9.33. The number of ether oxygens (including phenoxy) is 1. The minimum Gasteiger partial charge on any atom is -0.489 e. The van der Waals surface area contributed by atoms with Gasteiger partial charge in [0.1, 0.15) is 12.4 Å². The van der Waals surface area contributed by atoms with E-state index in [2.05, 4.69) is 31.2 Å². The SMILES string of the molecule is CCCCCC1=CCOc2ccccc21. The molecule has 0 bridgehead atoms. The Kier molecular flexibility index (Phi) is 3.44. The van der Waals surface area contributed by atoms with Crippen molar-refractivity contribution in [3.05, 3.63) is 35.9 Å². The van der Waals surface area contributed by atoms with Crippen molar-refractivity contribution in [3.8, 4) is 5.75 Å². The number of allylic oxidation sites excluding steroid dienone is 1. The van der Waals surface area contributed by atoms with Crippen LogP contribution in [0.25, 0.3) is 5.57 Å². The molecule has 0 aromatic heterocycles. The minimum atomic E-state index is 0.735. The summed E-state index contributed by atoms with van der Waals surface area (Å²) < 4.78 is 5.58. The lowest BCUT2D eigenvalue weighted by Gasteiger charge is -2.18. The molecule has 0 atom stereocenters. The van der Waals surface area contributed by atoms with Gasteiger partial charge in [-0.05, 0) is 30.6 Å². The first-order chi connectivity index (χ1) is 7.42. The van der Waals surface area contributed by atoms with Crippen LogP contribution in [-0.4, -0.2) is 6.61 Å². The van der Waals surface area contributed by atoms with E-state index in [0.29, 0.717) is 0 Å². The van der Waals surface area contributed by atoms with Gasteiger partial charge in [0.05, 0.1) is 0 Å². The third kappa shape index (κ3) is 2.41. The summed E-state index contributed by atoms with van der Waals surface area (Å²) in [6.07, 6.45) is 7.30.